The Morgan fingerprint density at radius 3 is 2.39 bits per heavy atom. The van der Waals surface area contributed by atoms with Crippen molar-refractivity contribution in [3.8, 4) is 0 Å². The van der Waals surface area contributed by atoms with Crippen molar-refractivity contribution in [1.29, 1.82) is 0 Å². The Labute approximate surface area is 148 Å². The van der Waals surface area contributed by atoms with Gasteiger partial charge in [-0.1, -0.05) is 50.0 Å². The molecule has 0 radical (unpaired) electrons. The number of hydrogen-bond donors (Lipinski definition) is 1. The summed E-state index contributed by atoms with van der Waals surface area (Å²) in [6.45, 7) is 8.41. The van der Waals surface area contributed by atoms with Crippen LogP contribution in [0.3, 0.4) is 0 Å². The molecule has 6 heteroatoms. The van der Waals surface area contributed by atoms with Crippen molar-refractivity contribution in [2.75, 3.05) is 6.54 Å². The highest BCUT2D eigenvalue weighted by Gasteiger charge is 2.25. The van der Waals surface area contributed by atoms with E-state index in [0.29, 0.717) is 28.9 Å². The Morgan fingerprint density at radius 2 is 1.87 bits per heavy atom. The van der Waals surface area contributed by atoms with Gasteiger partial charge in [-0.15, -0.1) is 0 Å². The predicted molar refractivity (Wildman–Crippen MR) is 94.6 cm³/mol. The Morgan fingerprint density at radius 1 is 1.22 bits per heavy atom. The molecule has 0 heterocycles. The largest absolute Gasteiger partial charge is 0.354 e. The fourth-order valence-electron chi connectivity index (χ4n) is 2.07. The third-order valence-electron chi connectivity index (χ3n) is 3.51. The van der Waals surface area contributed by atoms with Gasteiger partial charge in [0.2, 0.25) is 11.8 Å². The average Bonchev–Trinajstić information content (AvgIpc) is 2.50. The van der Waals surface area contributed by atoms with E-state index in [0.717, 1.165) is 5.56 Å². The molecule has 1 aromatic carbocycles. The van der Waals surface area contributed by atoms with E-state index in [2.05, 4.69) is 5.32 Å². The minimum Gasteiger partial charge on any atom is -0.354 e. The minimum absolute atomic E-state index is 0.0942. The molecule has 1 atom stereocenters. The summed E-state index contributed by atoms with van der Waals surface area (Å²) in [7, 11) is 0. The summed E-state index contributed by atoms with van der Waals surface area (Å²) in [5.41, 5.74) is 0.765. The van der Waals surface area contributed by atoms with Crippen molar-refractivity contribution < 1.29 is 9.59 Å². The molecule has 4 nitrogen and oxygen atoms in total. The summed E-state index contributed by atoms with van der Waals surface area (Å²) in [6.07, 6.45) is 0.326. The number of carbonyl (C=O) groups is 2. The number of benzene rings is 1. The molecule has 0 aliphatic heterocycles. The highest BCUT2D eigenvalue weighted by atomic mass is 35.5. The van der Waals surface area contributed by atoms with E-state index in [4.69, 9.17) is 23.2 Å². The lowest BCUT2D eigenvalue weighted by Crippen LogP contribution is -2.48. The SMILES string of the molecule is CCC(=O)N(Cc1ccc(Cl)cc1Cl)[C@H](C)C(=O)NCC(C)C. The first-order valence-electron chi connectivity index (χ1n) is 7.77. The maximum Gasteiger partial charge on any atom is 0.242 e. The molecular formula is C17H24Cl2N2O2. The molecule has 0 saturated heterocycles. The van der Waals surface area contributed by atoms with Crippen molar-refractivity contribution in [3.63, 3.8) is 0 Å². The van der Waals surface area contributed by atoms with E-state index in [1.807, 2.05) is 13.8 Å². The normalized spacial score (nSPS) is 12.1. The fraction of sp³-hybridized carbons (Fsp3) is 0.529. The number of nitrogens with one attached hydrogen (secondary N) is 1. The maximum absolute atomic E-state index is 12.3. The van der Waals surface area contributed by atoms with Crippen LogP contribution in [0.2, 0.25) is 10.0 Å². The highest BCUT2D eigenvalue weighted by Crippen LogP contribution is 2.23. The van der Waals surface area contributed by atoms with Crippen LogP contribution >= 0.6 is 23.2 Å². The average molecular weight is 359 g/mol. The summed E-state index contributed by atoms with van der Waals surface area (Å²) < 4.78 is 0. The first-order chi connectivity index (χ1) is 10.8. The number of amides is 2. The van der Waals surface area contributed by atoms with Crippen molar-refractivity contribution in [2.24, 2.45) is 5.92 Å². The molecule has 0 spiro atoms. The van der Waals surface area contributed by atoms with Crippen molar-refractivity contribution >= 4 is 35.0 Å². The number of rotatable bonds is 7. The van der Waals surface area contributed by atoms with E-state index in [-0.39, 0.29) is 18.4 Å². The van der Waals surface area contributed by atoms with Crippen LogP contribution in [0, 0.1) is 5.92 Å². The Balaban J connectivity index is 2.91. The van der Waals surface area contributed by atoms with Gasteiger partial charge in [0.05, 0.1) is 0 Å². The zero-order valence-corrected chi connectivity index (χ0v) is 15.5. The van der Waals surface area contributed by atoms with E-state index in [1.54, 1.807) is 36.9 Å². The molecular weight excluding hydrogens is 335 g/mol. The van der Waals surface area contributed by atoms with Crippen LogP contribution in [0.4, 0.5) is 0 Å². The van der Waals surface area contributed by atoms with Gasteiger partial charge in [-0.2, -0.15) is 0 Å². The second kappa shape index (κ2) is 9.14. The third-order valence-corrected chi connectivity index (χ3v) is 4.10. The molecule has 0 aliphatic carbocycles. The van der Waals surface area contributed by atoms with Crippen LogP contribution in [0.5, 0.6) is 0 Å². The van der Waals surface area contributed by atoms with E-state index in [1.165, 1.54) is 0 Å². The Kier molecular flexibility index (Phi) is 7.86. The number of nitrogens with zero attached hydrogens (tertiary/aromatic N) is 1. The quantitative estimate of drug-likeness (QED) is 0.803. The number of hydrogen-bond acceptors (Lipinski definition) is 2. The first kappa shape index (κ1) is 19.8. The zero-order chi connectivity index (χ0) is 17.6. The van der Waals surface area contributed by atoms with Gasteiger partial charge in [0.25, 0.3) is 0 Å². The van der Waals surface area contributed by atoms with Crippen LogP contribution in [0.1, 0.15) is 39.7 Å². The summed E-state index contributed by atoms with van der Waals surface area (Å²) in [4.78, 5) is 26.1. The summed E-state index contributed by atoms with van der Waals surface area (Å²) >= 11 is 12.1. The van der Waals surface area contributed by atoms with E-state index >= 15 is 0 Å². The Bertz CT molecular complexity index is 562. The molecule has 0 aliphatic rings. The monoisotopic (exact) mass is 358 g/mol. The summed E-state index contributed by atoms with van der Waals surface area (Å²) in [5.74, 6) is 0.0981. The Hall–Kier alpha value is -1.26. The number of carbonyl (C=O) groups excluding carboxylic acids is 2. The lowest BCUT2D eigenvalue weighted by Gasteiger charge is -2.29. The van der Waals surface area contributed by atoms with Gasteiger partial charge in [-0.3, -0.25) is 9.59 Å². The summed E-state index contributed by atoms with van der Waals surface area (Å²) in [6, 6.07) is 4.57. The molecule has 1 rings (SSSR count). The van der Waals surface area contributed by atoms with E-state index < -0.39 is 6.04 Å². The molecule has 128 valence electrons. The highest BCUT2D eigenvalue weighted by molar-refractivity contribution is 6.35. The fourth-order valence-corrected chi connectivity index (χ4v) is 2.54. The second-order valence-electron chi connectivity index (χ2n) is 5.93. The zero-order valence-electron chi connectivity index (χ0n) is 14.0. The van der Waals surface area contributed by atoms with Crippen molar-refractivity contribution in [1.82, 2.24) is 10.2 Å². The van der Waals surface area contributed by atoms with E-state index in [9.17, 15) is 9.59 Å². The second-order valence-corrected chi connectivity index (χ2v) is 6.77. The predicted octanol–water partition coefficient (Wildman–Crippen LogP) is 3.89. The van der Waals surface area contributed by atoms with Crippen LogP contribution < -0.4 is 5.32 Å². The van der Waals surface area contributed by atoms with Crippen LogP contribution in [-0.2, 0) is 16.1 Å². The van der Waals surface area contributed by atoms with Crippen LogP contribution in [0.25, 0.3) is 0 Å². The van der Waals surface area contributed by atoms with Crippen molar-refractivity contribution in [3.05, 3.63) is 33.8 Å². The van der Waals surface area contributed by atoms with Crippen LogP contribution in [0.15, 0.2) is 18.2 Å². The third kappa shape index (κ3) is 6.04. The lowest BCUT2D eigenvalue weighted by atomic mass is 10.1. The van der Waals surface area contributed by atoms with Gasteiger partial charge >= 0.3 is 0 Å². The smallest absolute Gasteiger partial charge is 0.242 e. The molecule has 0 saturated carbocycles. The van der Waals surface area contributed by atoms with Gasteiger partial charge in [-0.25, -0.2) is 0 Å². The first-order valence-corrected chi connectivity index (χ1v) is 8.52. The van der Waals surface area contributed by atoms with Crippen molar-refractivity contribution in [2.45, 2.75) is 46.7 Å². The molecule has 0 aromatic heterocycles. The molecule has 0 fully saturated rings. The molecule has 1 aromatic rings. The van der Waals surface area contributed by atoms with Gasteiger partial charge in [0.1, 0.15) is 6.04 Å². The molecule has 0 unspecified atom stereocenters. The van der Waals surface area contributed by atoms with Gasteiger partial charge < -0.3 is 10.2 Å². The van der Waals surface area contributed by atoms with Gasteiger partial charge in [0.15, 0.2) is 0 Å². The molecule has 1 N–H and O–H groups in total. The minimum atomic E-state index is -0.562. The van der Waals surface area contributed by atoms with Gasteiger partial charge in [-0.05, 0) is 30.5 Å². The standard InChI is InChI=1S/C17H24Cl2N2O2/c1-5-16(22)21(12(4)17(23)20-9-11(2)3)10-13-6-7-14(18)8-15(13)19/h6-8,11-12H,5,9-10H2,1-4H3,(H,20,23)/t12-/m1/s1. The van der Waals surface area contributed by atoms with Gasteiger partial charge in [0, 0.05) is 29.6 Å². The lowest BCUT2D eigenvalue weighted by molar-refractivity contribution is -0.140. The number of halogens is 2. The topological polar surface area (TPSA) is 49.4 Å². The molecule has 0 bridgehead atoms. The maximum atomic E-state index is 12.3. The molecule has 23 heavy (non-hydrogen) atoms. The van der Waals surface area contributed by atoms with Crippen LogP contribution in [-0.4, -0.2) is 29.3 Å². The summed E-state index contributed by atoms with van der Waals surface area (Å²) in [5, 5.41) is 3.89. The molecule has 2 amide bonds.